The van der Waals surface area contributed by atoms with Crippen molar-refractivity contribution in [3.05, 3.63) is 0 Å². The first-order valence-electron chi connectivity index (χ1n) is 6.51. The number of nitrogens with zero attached hydrogens (tertiary/aromatic N) is 1. The van der Waals surface area contributed by atoms with Crippen LogP contribution in [0.5, 0.6) is 0 Å². The molecular weight excluding hydrogens is 228 g/mol. The van der Waals surface area contributed by atoms with Crippen molar-refractivity contribution in [3.8, 4) is 12.3 Å². The summed E-state index contributed by atoms with van der Waals surface area (Å²) >= 11 is 0. The summed E-state index contributed by atoms with van der Waals surface area (Å²) in [5.74, 6) is 2.78. The van der Waals surface area contributed by atoms with Crippen LogP contribution in [0.3, 0.4) is 0 Å². The molecule has 1 fully saturated rings. The number of carbonyl (C=O) groups is 2. The molecule has 1 N–H and O–H groups in total. The third-order valence-electron chi connectivity index (χ3n) is 3.29. The molecule has 1 rings (SSSR count). The first-order valence-corrected chi connectivity index (χ1v) is 6.51. The van der Waals surface area contributed by atoms with Crippen molar-refractivity contribution >= 4 is 11.8 Å². The topological polar surface area (TPSA) is 49.4 Å². The summed E-state index contributed by atoms with van der Waals surface area (Å²) in [6.45, 7) is 7.70. The summed E-state index contributed by atoms with van der Waals surface area (Å²) in [6.07, 6.45) is 6.76. The predicted octanol–water partition coefficient (Wildman–Crippen LogP) is 1.16. The van der Waals surface area contributed by atoms with Crippen LogP contribution in [-0.2, 0) is 9.59 Å². The highest BCUT2D eigenvalue weighted by Gasteiger charge is 2.40. The average molecular weight is 250 g/mol. The van der Waals surface area contributed by atoms with E-state index in [1.807, 2.05) is 20.8 Å². The van der Waals surface area contributed by atoms with E-state index in [0.29, 0.717) is 18.8 Å². The van der Waals surface area contributed by atoms with Crippen LogP contribution in [0.4, 0.5) is 0 Å². The zero-order valence-electron chi connectivity index (χ0n) is 11.6. The molecule has 3 unspecified atom stereocenters. The Morgan fingerprint density at radius 1 is 1.44 bits per heavy atom. The number of hydrogen-bond donors (Lipinski definition) is 1. The van der Waals surface area contributed by atoms with Gasteiger partial charge < -0.3 is 10.2 Å². The minimum atomic E-state index is -0.484. The fourth-order valence-corrected chi connectivity index (χ4v) is 2.30. The molecule has 1 aliphatic rings. The van der Waals surface area contributed by atoms with E-state index in [2.05, 4.69) is 11.2 Å². The molecule has 0 aliphatic carbocycles. The van der Waals surface area contributed by atoms with Gasteiger partial charge in [-0.2, -0.15) is 0 Å². The van der Waals surface area contributed by atoms with E-state index in [4.69, 9.17) is 6.42 Å². The van der Waals surface area contributed by atoms with Crippen molar-refractivity contribution < 1.29 is 9.59 Å². The molecule has 1 heterocycles. The Kier molecular flexibility index (Phi) is 4.77. The Hall–Kier alpha value is -1.50. The molecule has 2 amide bonds. The van der Waals surface area contributed by atoms with E-state index >= 15 is 0 Å². The lowest BCUT2D eigenvalue weighted by molar-refractivity contribution is -0.150. The number of amides is 2. The van der Waals surface area contributed by atoms with Crippen molar-refractivity contribution in [2.24, 2.45) is 5.92 Å². The van der Waals surface area contributed by atoms with Crippen molar-refractivity contribution in [1.29, 1.82) is 0 Å². The zero-order chi connectivity index (χ0) is 13.9. The maximum Gasteiger partial charge on any atom is 0.246 e. The van der Waals surface area contributed by atoms with E-state index in [9.17, 15) is 9.59 Å². The minimum absolute atomic E-state index is 0.0550. The number of piperazine rings is 1. The molecular formula is C14H22N2O2. The Morgan fingerprint density at radius 3 is 2.50 bits per heavy atom. The second-order valence-electron chi connectivity index (χ2n) is 5.20. The van der Waals surface area contributed by atoms with E-state index in [0.717, 1.165) is 0 Å². The summed E-state index contributed by atoms with van der Waals surface area (Å²) in [6, 6.07) is -1.22. The Morgan fingerprint density at radius 2 is 2.06 bits per heavy atom. The highest BCUT2D eigenvalue weighted by Crippen LogP contribution is 2.19. The molecule has 0 aromatic rings. The lowest BCUT2D eigenvalue weighted by atomic mass is 9.97. The fraction of sp³-hybridized carbons (Fsp3) is 0.714. The quantitative estimate of drug-likeness (QED) is 0.761. The van der Waals surface area contributed by atoms with Gasteiger partial charge in [0.2, 0.25) is 11.8 Å². The van der Waals surface area contributed by atoms with Gasteiger partial charge in [0.15, 0.2) is 0 Å². The summed E-state index contributed by atoms with van der Waals surface area (Å²) < 4.78 is 0. The lowest BCUT2D eigenvalue weighted by Crippen LogP contribution is -2.64. The van der Waals surface area contributed by atoms with Crippen LogP contribution < -0.4 is 5.32 Å². The molecule has 1 aliphatic heterocycles. The number of terminal acetylenes is 1. The second-order valence-corrected chi connectivity index (χ2v) is 5.20. The van der Waals surface area contributed by atoms with Gasteiger partial charge in [-0.3, -0.25) is 9.59 Å². The molecule has 4 nitrogen and oxygen atoms in total. The van der Waals surface area contributed by atoms with E-state index < -0.39 is 12.1 Å². The van der Waals surface area contributed by atoms with Gasteiger partial charge in [0.25, 0.3) is 0 Å². The molecule has 4 heteroatoms. The standard InChI is InChI=1S/C14H22N2O2/c1-6-11(7-2)16-10(5)13(17)15-12(14(16)18)8-9(3)4/h1,9-12H,7-8H2,2-5H3,(H,15,17). The Labute approximate surface area is 109 Å². The van der Waals surface area contributed by atoms with Crippen molar-refractivity contribution in [2.45, 2.75) is 58.7 Å². The molecule has 18 heavy (non-hydrogen) atoms. The molecule has 0 aromatic carbocycles. The molecule has 0 bridgehead atoms. The smallest absolute Gasteiger partial charge is 0.246 e. The van der Waals surface area contributed by atoms with Crippen LogP contribution in [0.2, 0.25) is 0 Å². The summed E-state index contributed by atoms with van der Waals surface area (Å²) in [5.41, 5.74) is 0. The minimum Gasteiger partial charge on any atom is -0.343 e. The number of carbonyl (C=O) groups excluding carboxylic acids is 2. The third-order valence-corrected chi connectivity index (χ3v) is 3.29. The van der Waals surface area contributed by atoms with Gasteiger partial charge in [0.05, 0.1) is 6.04 Å². The number of rotatable bonds is 4. The third kappa shape index (κ3) is 2.84. The molecule has 0 aromatic heterocycles. The van der Waals surface area contributed by atoms with Gasteiger partial charge in [-0.1, -0.05) is 26.7 Å². The van der Waals surface area contributed by atoms with E-state index in [1.165, 1.54) is 0 Å². The van der Waals surface area contributed by atoms with E-state index in [-0.39, 0.29) is 17.9 Å². The van der Waals surface area contributed by atoms with Crippen LogP contribution in [0.15, 0.2) is 0 Å². The van der Waals surface area contributed by atoms with Crippen molar-refractivity contribution in [3.63, 3.8) is 0 Å². The second kappa shape index (κ2) is 5.90. The highest BCUT2D eigenvalue weighted by molar-refractivity contribution is 5.97. The monoisotopic (exact) mass is 250 g/mol. The van der Waals surface area contributed by atoms with Crippen molar-refractivity contribution in [2.75, 3.05) is 0 Å². The van der Waals surface area contributed by atoms with Crippen LogP contribution in [0.25, 0.3) is 0 Å². The van der Waals surface area contributed by atoms with Gasteiger partial charge in [-0.25, -0.2) is 0 Å². The Balaban J connectivity index is 2.96. The van der Waals surface area contributed by atoms with Crippen LogP contribution in [0, 0.1) is 18.3 Å². The summed E-state index contributed by atoms with van der Waals surface area (Å²) in [4.78, 5) is 25.9. The lowest BCUT2D eigenvalue weighted by Gasteiger charge is -2.40. The first-order chi connectivity index (χ1) is 8.42. The maximum absolute atomic E-state index is 12.4. The normalized spacial score (nSPS) is 25.9. The van der Waals surface area contributed by atoms with Gasteiger partial charge in [0.1, 0.15) is 12.1 Å². The Bertz CT molecular complexity index is 370. The van der Waals surface area contributed by atoms with Crippen LogP contribution in [-0.4, -0.2) is 34.8 Å². The van der Waals surface area contributed by atoms with Crippen molar-refractivity contribution in [1.82, 2.24) is 10.2 Å². The average Bonchev–Trinajstić information content (AvgIpc) is 2.31. The zero-order valence-corrected chi connectivity index (χ0v) is 11.6. The summed E-state index contributed by atoms with van der Waals surface area (Å²) in [5, 5.41) is 2.78. The SMILES string of the molecule is C#CC(CC)N1C(=O)C(CC(C)C)NC(=O)C1C. The molecule has 0 spiro atoms. The molecule has 0 radical (unpaired) electrons. The van der Waals surface area contributed by atoms with Gasteiger partial charge in [0, 0.05) is 0 Å². The predicted molar refractivity (Wildman–Crippen MR) is 70.6 cm³/mol. The van der Waals surface area contributed by atoms with Gasteiger partial charge in [-0.05, 0) is 25.7 Å². The van der Waals surface area contributed by atoms with Crippen LogP contribution >= 0.6 is 0 Å². The first kappa shape index (κ1) is 14.6. The maximum atomic E-state index is 12.4. The fourth-order valence-electron chi connectivity index (χ4n) is 2.30. The van der Waals surface area contributed by atoms with Gasteiger partial charge >= 0.3 is 0 Å². The van der Waals surface area contributed by atoms with E-state index in [1.54, 1.807) is 11.8 Å². The molecule has 100 valence electrons. The van der Waals surface area contributed by atoms with Crippen LogP contribution in [0.1, 0.15) is 40.5 Å². The van der Waals surface area contributed by atoms with Gasteiger partial charge in [-0.15, -0.1) is 6.42 Å². The number of hydrogen-bond acceptors (Lipinski definition) is 2. The molecule has 0 saturated carbocycles. The molecule has 3 atom stereocenters. The number of nitrogens with one attached hydrogen (secondary N) is 1. The highest BCUT2D eigenvalue weighted by atomic mass is 16.2. The summed E-state index contributed by atoms with van der Waals surface area (Å²) in [7, 11) is 0. The molecule has 1 saturated heterocycles. The largest absolute Gasteiger partial charge is 0.343 e.